The van der Waals surface area contributed by atoms with Gasteiger partial charge in [0.05, 0.1) is 6.54 Å². The zero-order valence-electron chi connectivity index (χ0n) is 8.44. The summed E-state index contributed by atoms with van der Waals surface area (Å²) in [7, 11) is 1.81. The van der Waals surface area contributed by atoms with E-state index in [4.69, 9.17) is 0 Å². The lowest BCUT2D eigenvalue weighted by molar-refractivity contribution is 0.623. The van der Waals surface area contributed by atoms with Gasteiger partial charge in [-0.3, -0.25) is 0 Å². The van der Waals surface area contributed by atoms with Crippen molar-refractivity contribution in [2.24, 2.45) is 0 Å². The van der Waals surface area contributed by atoms with Gasteiger partial charge in [-0.05, 0) is 17.7 Å². The van der Waals surface area contributed by atoms with Crippen LogP contribution < -0.4 is 5.32 Å². The molecule has 1 aromatic heterocycles. The van der Waals surface area contributed by atoms with E-state index >= 15 is 0 Å². The summed E-state index contributed by atoms with van der Waals surface area (Å²) in [5.41, 5.74) is 0.921. The van der Waals surface area contributed by atoms with Gasteiger partial charge < -0.3 is 9.88 Å². The fraction of sp³-hybridized carbons (Fsp3) is 0.182. The van der Waals surface area contributed by atoms with Crippen LogP contribution in [0.25, 0.3) is 0 Å². The molecule has 2 aromatic rings. The summed E-state index contributed by atoms with van der Waals surface area (Å²) < 4.78 is 14.9. The monoisotopic (exact) mass is 205 g/mol. The maximum atomic E-state index is 12.9. The SMILES string of the molecule is CNc1nccn1Cc1cccc(F)c1. The van der Waals surface area contributed by atoms with Gasteiger partial charge in [-0.15, -0.1) is 0 Å². The number of nitrogens with zero attached hydrogens (tertiary/aromatic N) is 2. The van der Waals surface area contributed by atoms with Gasteiger partial charge in [-0.2, -0.15) is 0 Å². The molecule has 0 unspecified atom stereocenters. The fourth-order valence-electron chi connectivity index (χ4n) is 1.50. The minimum atomic E-state index is -0.210. The minimum Gasteiger partial charge on any atom is -0.359 e. The third-order valence-corrected chi connectivity index (χ3v) is 2.18. The minimum absolute atomic E-state index is 0.210. The van der Waals surface area contributed by atoms with Crippen LogP contribution in [-0.4, -0.2) is 16.6 Å². The molecule has 3 nitrogen and oxygen atoms in total. The van der Waals surface area contributed by atoms with Crippen molar-refractivity contribution < 1.29 is 4.39 Å². The van der Waals surface area contributed by atoms with Crippen molar-refractivity contribution in [1.29, 1.82) is 0 Å². The van der Waals surface area contributed by atoms with Gasteiger partial charge in [0, 0.05) is 19.4 Å². The molecule has 1 N–H and O–H groups in total. The second-order valence-corrected chi connectivity index (χ2v) is 3.26. The van der Waals surface area contributed by atoms with Crippen LogP contribution in [0.5, 0.6) is 0 Å². The van der Waals surface area contributed by atoms with Crippen LogP contribution in [0, 0.1) is 5.82 Å². The summed E-state index contributed by atoms with van der Waals surface area (Å²) >= 11 is 0. The lowest BCUT2D eigenvalue weighted by atomic mass is 10.2. The van der Waals surface area contributed by atoms with Crippen LogP contribution in [0.15, 0.2) is 36.7 Å². The molecule has 0 aliphatic rings. The van der Waals surface area contributed by atoms with E-state index in [0.29, 0.717) is 6.54 Å². The van der Waals surface area contributed by atoms with Gasteiger partial charge in [-0.25, -0.2) is 9.37 Å². The highest BCUT2D eigenvalue weighted by atomic mass is 19.1. The Morgan fingerprint density at radius 1 is 1.47 bits per heavy atom. The van der Waals surface area contributed by atoms with E-state index in [0.717, 1.165) is 11.5 Å². The molecule has 0 spiro atoms. The molecule has 0 atom stereocenters. The van der Waals surface area contributed by atoms with E-state index in [2.05, 4.69) is 10.3 Å². The molecule has 0 aliphatic carbocycles. The molecule has 0 saturated heterocycles. The molecule has 0 saturated carbocycles. The zero-order chi connectivity index (χ0) is 10.7. The summed E-state index contributed by atoms with van der Waals surface area (Å²) in [4.78, 5) is 4.11. The summed E-state index contributed by atoms with van der Waals surface area (Å²) in [6.07, 6.45) is 3.57. The van der Waals surface area contributed by atoms with Crippen LogP contribution in [0.4, 0.5) is 10.3 Å². The third kappa shape index (κ3) is 2.15. The van der Waals surface area contributed by atoms with Crippen LogP contribution in [0.1, 0.15) is 5.56 Å². The quantitative estimate of drug-likeness (QED) is 0.831. The Hall–Kier alpha value is -1.84. The summed E-state index contributed by atoms with van der Waals surface area (Å²) in [5.74, 6) is 0.567. The van der Waals surface area contributed by atoms with Crippen molar-refractivity contribution in [3.8, 4) is 0 Å². The maximum Gasteiger partial charge on any atom is 0.202 e. The fourth-order valence-corrected chi connectivity index (χ4v) is 1.50. The van der Waals surface area contributed by atoms with Crippen LogP contribution >= 0.6 is 0 Å². The highest BCUT2D eigenvalue weighted by Crippen LogP contribution is 2.09. The molecule has 0 bridgehead atoms. The smallest absolute Gasteiger partial charge is 0.202 e. The molecule has 0 aliphatic heterocycles. The van der Waals surface area contributed by atoms with E-state index < -0.39 is 0 Å². The number of rotatable bonds is 3. The largest absolute Gasteiger partial charge is 0.359 e. The van der Waals surface area contributed by atoms with Crippen molar-refractivity contribution in [1.82, 2.24) is 9.55 Å². The second-order valence-electron chi connectivity index (χ2n) is 3.26. The average Bonchev–Trinajstić information content (AvgIpc) is 2.65. The van der Waals surface area contributed by atoms with E-state index in [-0.39, 0.29) is 5.82 Å². The normalized spacial score (nSPS) is 10.3. The molecule has 78 valence electrons. The number of nitrogens with one attached hydrogen (secondary N) is 1. The first-order chi connectivity index (χ1) is 7.29. The van der Waals surface area contributed by atoms with Crippen molar-refractivity contribution in [3.05, 3.63) is 48.0 Å². The predicted octanol–water partition coefficient (Wildman–Crippen LogP) is 2.11. The van der Waals surface area contributed by atoms with E-state index in [1.807, 2.05) is 23.9 Å². The van der Waals surface area contributed by atoms with Crippen LogP contribution in [0.2, 0.25) is 0 Å². The van der Waals surface area contributed by atoms with E-state index in [9.17, 15) is 4.39 Å². The van der Waals surface area contributed by atoms with Crippen LogP contribution in [-0.2, 0) is 6.54 Å². The summed E-state index contributed by atoms with van der Waals surface area (Å²) in [5, 5.41) is 2.97. The number of hydrogen-bond acceptors (Lipinski definition) is 2. The Morgan fingerprint density at radius 2 is 2.33 bits per heavy atom. The third-order valence-electron chi connectivity index (χ3n) is 2.18. The van der Waals surface area contributed by atoms with Gasteiger partial charge >= 0.3 is 0 Å². The van der Waals surface area contributed by atoms with Gasteiger partial charge in [0.25, 0.3) is 0 Å². The number of anilines is 1. The molecule has 2 rings (SSSR count). The number of halogens is 1. The predicted molar refractivity (Wildman–Crippen MR) is 57.3 cm³/mol. The average molecular weight is 205 g/mol. The first-order valence-electron chi connectivity index (χ1n) is 4.73. The molecule has 1 heterocycles. The molecule has 0 amide bonds. The highest BCUT2D eigenvalue weighted by Gasteiger charge is 2.01. The zero-order valence-corrected chi connectivity index (χ0v) is 8.44. The topological polar surface area (TPSA) is 29.9 Å². The number of hydrogen-bond donors (Lipinski definition) is 1. The number of aromatic nitrogens is 2. The molecule has 0 radical (unpaired) electrons. The first-order valence-corrected chi connectivity index (χ1v) is 4.73. The van der Waals surface area contributed by atoms with Crippen molar-refractivity contribution in [2.45, 2.75) is 6.54 Å². The van der Waals surface area contributed by atoms with Gasteiger partial charge in [0.15, 0.2) is 0 Å². The van der Waals surface area contributed by atoms with Crippen molar-refractivity contribution in [3.63, 3.8) is 0 Å². The lowest BCUT2D eigenvalue weighted by Crippen LogP contribution is -2.04. The molecule has 0 fully saturated rings. The van der Waals surface area contributed by atoms with Gasteiger partial charge in [0.1, 0.15) is 5.82 Å². The van der Waals surface area contributed by atoms with E-state index in [1.54, 1.807) is 12.3 Å². The maximum absolute atomic E-state index is 12.9. The standard InChI is InChI=1S/C11H12FN3/c1-13-11-14-5-6-15(11)8-9-3-2-4-10(12)7-9/h2-7H,8H2,1H3,(H,13,14). The Labute approximate surface area is 87.6 Å². The van der Waals surface area contributed by atoms with Crippen LogP contribution in [0.3, 0.4) is 0 Å². The van der Waals surface area contributed by atoms with Crippen molar-refractivity contribution >= 4 is 5.95 Å². The Balaban J connectivity index is 2.22. The molecule has 15 heavy (non-hydrogen) atoms. The second kappa shape index (κ2) is 4.13. The molecule has 4 heteroatoms. The first kappa shape index (κ1) is 9.71. The number of imidazole rings is 1. The molecular weight excluding hydrogens is 193 g/mol. The summed E-state index contributed by atoms with van der Waals surface area (Å²) in [6, 6.07) is 6.57. The highest BCUT2D eigenvalue weighted by molar-refractivity contribution is 5.27. The van der Waals surface area contributed by atoms with Gasteiger partial charge in [-0.1, -0.05) is 12.1 Å². The summed E-state index contributed by atoms with van der Waals surface area (Å²) in [6.45, 7) is 0.619. The Kier molecular flexibility index (Phi) is 2.67. The Morgan fingerprint density at radius 3 is 3.07 bits per heavy atom. The molecule has 1 aromatic carbocycles. The molecular formula is C11H12FN3. The van der Waals surface area contributed by atoms with Crippen molar-refractivity contribution in [2.75, 3.05) is 12.4 Å². The Bertz CT molecular complexity index is 451. The lowest BCUT2D eigenvalue weighted by Gasteiger charge is -2.06. The number of benzene rings is 1. The van der Waals surface area contributed by atoms with Gasteiger partial charge in [0.2, 0.25) is 5.95 Å². The van der Waals surface area contributed by atoms with E-state index in [1.165, 1.54) is 12.1 Å².